The molecular formula is C16H23FN4O3. The second-order valence-corrected chi connectivity index (χ2v) is 6.33. The summed E-state index contributed by atoms with van der Waals surface area (Å²) >= 11 is 0. The van der Waals surface area contributed by atoms with E-state index in [1.54, 1.807) is 0 Å². The first-order chi connectivity index (χ1) is 11.3. The second kappa shape index (κ2) is 7.57. The summed E-state index contributed by atoms with van der Waals surface area (Å²) in [4.78, 5) is 29.6. The number of anilines is 1. The third-order valence-corrected chi connectivity index (χ3v) is 4.12. The molecule has 1 aliphatic rings. The summed E-state index contributed by atoms with van der Waals surface area (Å²) in [5.74, 6) is -1.47. The maximum Gasteiger partial charge on any atom is 0.255 e. The number of halogens is 1. The summed E-state index contributed by atoms with van der Waals surface area (Å²) in [6.45, 7) is 1.30. The number of likely N-dealkylation sites (tertiary alicyclic amines) is 1. The first-order valence-corrected chi connectivity index (χ1v) is 7.90. The van der Waals surface area contributed by atoms with Crippen LogP contribution in [0.15, 0.2) is 18.5 Å². The third-order valence-electron chi connectivity index (χ3n) is 4.12. The highest BCUT2D eigenvalue weighted by molar-refractivity contribution is 5.94. The highest BCUT2D eigenvalue weighted by Crippen LogP contribution is 2.22. The molecule has 8 heteroatoms. The number of hydrogen-bond donors (Lipinski definition) is 3. The Morgan fingerprint density at radius 2 is 2.29 bits per heavy atom. The quantitative estimate of drug-likeness (QED) is 0.718. The number of pyridine rings is 1. The van der Waals surface area contributed by atoms with Gasteiger partial charge in [-0.2, -0.15) is 0 Å². The van der Waals surface area contributed by atoms with E-state index in [1.807, 2.05) is 0 Å². The standard InChI is InChI=1S/C16H23FN4O3/c1-11(6-17)14(22)20-9-16(24)3-2-4-21(10-16)15(23)12-5-13(18)8-19-7-12/h5,7-8,11,24H,2-4,6,9-10,18H2,1H3,(H,20,22). The molecule has 0 saturated carbocycles. The lowest BCUT2D eigenvalue weighted by Gasteiger charge is -2.39. The minimum atomic E-state index is -1.23. The minimum absolute atomic E-state index is 0.0187. The van der Waals surface area contributed by atoms with Crippen LogP contribution in [-0.4, -0.2) is 58.7 Å². The highest BCUT2D eigenvalue weighted by Gasteiger charge is 2.36. The molecule has 0 spiro atoms. The smallest absolute Gasteiger partial charge is 0.255 e. The molecule has 1 aliphatic heterocycles. The van der Waals surface area contributed by atoms with Crippen molar-refractivity contribution in [2.45, 2.75) is 25.4 Å². The van der Waals surface area contributed by atoms with Crippen molar-refractivity contribution < 1.29 is 19.1 Å². The number of piperidine rings is 1. The molecule has 1 aromatic rings. The molecule has 0 aliphatic carbocycles. The topological polar surface area (TPSA) is 109 Å². The summed E-state index contributed by atoms with van der Waals surface area (Å²) in [6.07, 6.45) is 3.94. The van der Waals surface area contributed by atoms with Crippen LogP contribution in [0.25, 0.3) is 0 Å². The molecule has 0 aromatic carbocycles. The van der Waals surface area contributed by atoms with Gasteiger partial charge >= 0.3 is 0 Å². The lowest BCUT2D eigenvalue weighted by Crippen LogP contribution is -2.56. The minimum Gasteiger partial charge on any atom is -0.397 e. The summed E-state index contributed by atoms with van der Waals surface area (Å²) in [7, 11) is 0. The number of β-amino-alcohol motifs (C(OH)–C–C–N with tert-alkyl or cyclic N) is 1. The fraction of sp³-hybridized carbons (Fsp3) is 0.562. The Bertz CT molecular complexity index is 613. The highest BCUT2D eigenvalue weighted by atomic mass is 19.1. The average molecular weight is 338 g/mol. The number of nitrogens with zero attached hydrogens (tertiary/aromatic N) is 2. The molecule has 1 aromatic heterocycles. The van der Waals surface area contributed by atoms with Gasteiger partial charge in [-0.05, 0) is 18.9 Å². The van der Waals surface area contributed by atoms with Crippen molar-refractivity contribution in [1.82, 2.24) is 15.2 Å². The molecule has 1 fully saturated rings. The van der Waals surface area contributed by atoms with E-state index < -0.39 is 24.1 Å². The Kier molecular flexibility index (Phi) is 5.71. The van der Waals surface area contributed by atoms with Gasteiger partial charge in [-0.15, -0.1) is 0 Å². The monoisotopic (exact) mass is 338 g/mol. The molecule has 2 rings (SSSR count). The molecule has 2 atom stereocenters. The van der Waals surface area contributed by atoms with Gasteiger partial charge in [-0.1, -0.05) is 6.92 Å². The van der Waals surface area contributed by atoms with E-state index in [2.05, 4.69) is 10.3 Å². The fourth-order valence-corrected chi connectivity index (χ4v) is 2.68. The molecule has 7 nitrogen and oxygen atoms in total. The summed E-state index contributed by atoms with van der Waals surface area (Å²) in [5.41, 5.74) is 5.16. The van der Waals surface area contributed by atoms with E-state index in [-0.39, 0.29) is 19.0 Å². The van der Waals surface area contributed by atoms with Gasteiger partial charge in [0.1, 0.15) is 6.67 Å². The number of alkyl halides is 1. The first kappa shape index (κ1) is 18.1. The maximum atomic E-state index is 12.5. The summed E-state index contributed by atoms with van der Waals surface area (Å²) in [5, 5.41) is 13.2. The number of hydrogen-bond acceptors (Lipinski definition) is 5. The van der Waals surface area contributed by atoms with Crippen LogP contribution in [-0.2, 0) is 4.79 Å². The van der Waals surface area contributed by atoms with Crippen molar-refractivity contribution >= 4 is 17.5 Å². The van der Waals surface area contributed by atoms with Gasteiger partial charge in [0.25, 0.3) is 5.91 Å². The molecule has 24 heavy (non-hydrogen) atoms. The van der Waals surface area contributed by atoms with Crippen molar-refractivity contribution in [1.29, 1.82) is 0 Å². The molecule has 4 N–H and O–H groups in total. The first-order valence-electron chi connectivity index (χ1n) is 7.90. The fourth-order valence-electron chi connectivity index (χ4n) is 2.68. The zero-order valence-electron chi connectivity index (χ0n) is 13.7. The average Bonchev–Trinajstić information content (AvgIpc) is 2.58. The third kappa shape index (κ3) is 4.41. The number of aromatic nitrogens is 1. The number of rotatable bonds is 5. The predicted octanol–water partition coefficient (Wildman–Crippen LogP) is 0.353. The van der Waals surface area contributed by atoms with E-state index >= 15 is 0 Å². The lowest BCUT2D eigenvalue weighted by molar-refractivity contribution is -0.126. The van der Waals surface area contributed by atoms with Crippen LogP contribution in [0, 0.1) is 5.92 Å². The number of nitrogens with two attached hydrogens (primary N) is 1. The number of nitrogens with one attached hydrogen (secondary N) is 1. The number of aliphatic hydroxyl groups is 1. The molecule has 0 radical (unpaired) electrons. The van der Waals surface area contributed by atoms with Crippen LogP contribution in [0.1, 0.15) is 30.1 Å². The lowest BCUT2D eigenvalue weighted by atomic mass is 9.92. The van der Waals surface area contributed by atoms with Gasteiger partial charge in [0.2, 0.25) is 5.91 Å². The van der Waals surface area contributed by atoms with Gasteiger partial charge in [0.05, 0.1) is 29.3 Å². The predicted molar refractivity (Wildman–Crippen MR) is 86.9 cm³/mol. The number of carbonyl (C=O) groups excluding carboxylic acids is 2. The Morgan fingerprint density at radius 3 is 2.96 bits per heavy atom. The maximum absolute atomic E-state index is 12.5. The van der Waals surface area contributed by atoms with Gasteiger partial charge in [0, 0.05) is 25.5 Å². The SMILES string of the molecule is CC(CF)C(=O)NCC1(O)CCCN(C(=O)c2cncc(N)c2)C1. The van der Waals surface area contributed by atoms with Gasteiger partial charge in [-0.25, -0.2) is 0 Å². The number of carbonyl (C=O) groups is 2. The van der Waals surface area contributed by atoms with E-state index in [9.17, 15) is 19.1 Å². The zero-order chi connectivity index (χ0) is 17.7. The summed E-state index contributed by atoms with van der Waals surface area (Å²) in [6, 6.07) is 1.54. The Labute approximate surface area is 140 Å². The molecule has 0 bridgehead atoms. The largest absolute Gasteiger partial charge is 0.397 e. The van der Waals surface area contributed by atoms with E-state index in [1.165, 1.54) is 30.3 Å². The molecule has 2 heterocycles. The zero-order valence-corrected chi connectivity index (χ0v) is 13.7. The van der Waals surface area contributed by atoms with Crippen LogP contribution in [0.2, 0.25) is 0 Å². The van der Waals surface area contributed by atoms with Crippen LogP contribution >= 0.6 is 0 Å². The van der Waals surface area contributed by atoms with Gasteiger partial charge in [-0.3, -0.25) is 19.0 Å². The summed E-state index contributed by atoms with van der Waals surface area (Å²) < 4.78 is 12.5. The molecular weight excluding hydrogens is 315 g/mol. The van der Waals surface area contributed by atoms with Crippen molar-refractivity contribution in [3.63, 3.8) is 0 Å². The van der Waals surface area contributed by atoms with Crippen molar-refractivity contribution in [3.8, 4) is 0 Å². The number of nitrogen functional groups attached to an aromatic ring is 1. The van der Waals surface area contributed by atoms with Crippen molar-refractivity contribution in [2.75, 3.05) is 32.0 Å². The normalized spacial score (nSPS) is 22.0. The number of amides is 2. The van der Waals surface area contributed by atoms with Crippen molar-refractivity contribution in [3.05, 3.63) is 24.0 Å². The Balaban J connectivity index is 2.00. The van der Waals surface area contributed by atoms with Gasteiger partial charge < -0.3 is 21.1 Å². The van der Waals surface area contributed by atoms with Crippen LogP contribution in [0.5, 0.6) is 0 Å². The van der Waals surface area contributed by atoms with E-state index in [0.717, 1.165) is 0 Å². The Morgan fingerprint density at radius 1 is 1.54 bits per heavy atom. The van der Waals surface area contributed by atoms with Gasteiger partial charge in [0.15, 0.2) is 0 Å². The van der Waals surface area contributed by atoms with Crippen LogP contribution in [0.3, 0.4) is 0 Å². The Hall–Kier alpha value is -2.22. The second-order valence-electron chi connectivity index (χ2n) is 6.33. The van der Waals surface area contributed by atoms with Crippen molar-refractivity contribution in [2.24, 2.45) is 5.92 Å². The van der Waals surface area contributed by atoms with Crippen LogP contribution in [0.4, 0.5) is 10.1 Å². The molecule has 132 valence electrons. The van der Waals surface area contributed by atoms with E-state index in [4.69, 9.17) is 5.73 Å². The van der Waals surface area contributed by atoms with E-state index in [0.29, 0.717) is 30.6 Å². The van der Waals surface area contributed by atoms with Crippen LogP contribution < -0.4 is 11.1 Å². The molecule has 1 saturated heterocycles. The molecule has 2 amide bonds. The molecule has 2 unspecified atom stereocenters.